The molecule has 1 unspecified atom stereocenters. The third kappa shape index (κ3) is 13.6. The summed E-state index contributed by atoms with van der Waals surface area (Å²) in [5.41, 5.74) is 9.21. The van der Waals surface area contributed by atoms with Gasteiger partial charge in [-0.25, -0.2) is 4.39 Å². The minimum Gasteiger partial charge on any atom is -0.497 e. The number of carbonyl (C=O) groups is 2. The highest BCUT2D eigenvalue weighted by Gasteiger charge is 2.19. The first-order valence-electron chi connectivity index (χ1n) is 13.4. The summed E-state index contributed by atoms with van der Waals surface area (Å²) in [5, 5.41) is 8.54. The fourth-order valence-corrected chi connectivity index (χ4v) is 5.04. The Morgan fingerprint density at radius 2 is 1.79 bits per heavy atom. The smallest absolute Gasteiger partial charge is 0.306 e. The van der Waals surface area contributed by atoms with Crippen molar-refractivity contribution in [3.05, 3.63) is 82.7 Å². The van der Waals surface area contributed by atoms with E-state index in [1.165, 1.54) is 30.5 Å². The zero-order valence-corrected chi connectivity index (χ0v) is 24.8. The second-order valence-corrected chi connectivity index (χ2v) is 11.0. The molecule has 8 heteroatoms. The van der Waals surface area contributed by atoms with Crippen molar-refractivity contribution >= 4 is 23.7 Å². The molecule has 6 nitrogen and oxygen atoms in total. The molecule has 0 saturated heterocycles. The van der Waals surface area contributed by atoms with Gasteiger partial charge in [0.15, 0.2) is 0 Å². The molecule has 216 valence electrons. The second-order valence-electron chi connectivity index (χ2n) is 10.1. The number of nitrogens with two attached hydrogens (primary N) is 1. The van der Waals surface area contributed by atoms with Gasteiger partial charge in [-0.1, -0.05) is 62.9 Å². The summed E-state index contributed by atoms with van der Waals surface area (Å²) in [7, 11) is 1.57. The van der Waals surface area contributed by atoms with Crippen molar-refractivity contribution in [2.24, 2.45) is 17.6 Å². The highest BCUT2D eigenvalue weighted by atomic mass is 32.2. The Kier molecular flexibility index (Phi) is 16.0. The summed E-state index contributed by atoms with van der Waals surface area (Å²) in [6.45, 7) is 11.3. The van der Waals surface area contributed by atoms with Gasteiger partial charge in [0.2, 0.25) is 5.78 Å². The molecule has 1 saturated carbocycles. The molecule has 2 rings (SSSR count). The maximum atomic E-state index is 13.0. The fraction of sp³-hybridized carbons (Fsp3) is 0.484. The van der Waals surface area contributed by atoms with E-state index in [-0.39, 0.29) is 17.5 Å². The van der Waals surface area contributed by atoms with Crippen molar-refractivity contribution in [3.8, 4) is 0 Å². The number of hydrogen-bond donors (Lipinski definition) is 3. The van der Waals surface area contributed by atoms with Crippen molar-refractivity contribution in [1.82, 2.24) is 4.72 Å². The molecule has 0 radical (unpaired) electrons. The van der Waals surface area contributed by atoms with Gasteiger partial charge in [-0.05, 0) is 87.3 Å². The fourth-order valence-electron chi connectivity index (χ4n) is 4.02. The van der Waals surface area contributed by atoms with Crippen LogP contribution in [0, 0.1) is 17.7 Å². The van der Waals surface area contributed by atoms with Crippen molar-refractivity contribution in [2.45, 2.75) is 72.6 Å². The Morgan fingerprint density at radius 1 is 1.18 bits per heavy atom. The van der Waals surface area contributed by atoms with Gasteiger partial charge in [0.05, 0.1) is 13.0 Å². The van der Waals surface area contributed by atoms with Crippen LogP contribution in [0.25, 0.3) is 0 Å². The van der Waals surface area contributed by atoms with Gasteiger partial charge in [-0.15, -0.1) is 0 Å². The summed E-state index contributed by atoms with van der Waals surface area (Å²) >= 11 is 1.46. The maximum absolute atomic E-state index is 13.0. The van der Waals surface area contributed by atoms with Crippen LogP contribution in [0.2, 0.25) is 0 Å². The van der Waals surface area contributed by atoms with Gasteiger partial charge in [-0.2, -0.15) is 0 Å². The SMILES string of the molecule is C=C(C)/C(=C\C=C(/C)C(=O)/C(NSCCC(C)Cc1ccc(F)cc1)=C(/C)N)OC.O=C(O)C1CCCCC1. The van der Waals surface area contributed by atoms with Crippen LogP contribution in [0.15, 0.2) is 71.3 Å². The predicted molar refractivity (Wildman–Crippen MR) is 159 cm³/mol. The van der Waals surface area contributed by atoms with Crippen LogP contribution in [0.5, 0.6) is 0 Å². The molecular formula is C31H45FN2O4S. The lowest BCUT2D eigenvalue weighted by Crippen LogP contribution is -2.20. The number of aliphatic carboxylic acids is 1. The van der Waals surface area contributed by atoms with Crippen LogP contribution in [-0.4, -0.2) is 29.7 Å². The van der Waals surface area contributed by atoms with E-state index in [2.05, 4.69) is 18.2 Å². The van der Waals surface area contributed by atoms with Crippen LogP contribution >= 0.6 is 11.9 Å². The number of carboxylic acid groups (broad SMARTS) is 1. The molecular weight excluding hydrogens is 515 g/mol. The van der Waals surface area contributed by atoms with E-state index in [0.29, 0.717) is 28.6 Å². The number of benzene rings is 1. The zero-order valence-electron chi connectivity index (χ0n) is 24.0. The lowest BCUT2D eigenvalue weighted by Gasteiger charge is -2.16. The first kappa shape index (κ1) is 34.0. The summed E-state index contributed by atoms with van der Waals surface area (Å²) in [5.74, 6) is 0.871. The van der Waals surface area contributed by atoms with Crippen molar-refractivity contribution in [3.63, 3.8) is 0 Å². The summed E-state index contributed by atoms with van der Waals surface area (Å²) in [6.07, 6.45) is 10.5. The molecule has 0 bridgehead atoms. The minimum atomic E-state index is -0.602. The number of rotatable bonds is 13. The van der Waals surface area contributed by atoms with E-state index in [1.54, 1.807) is 33.1 Å². The van der Waals surface area contributed by atoms with Crippen LogP contribution in [0.4, 0.5) is 4.39 Å². The van der Waals surface area contributed by atoms with Gasteiger partial charge in [0.25, 0.3) is 0 Å². The molecule has 0 amide bonds. The number of methoxy groups -OCH3 is 1. The van der Waals surface area contributed by atoms with Crippen LogP contribution in [0.3, 0.4) is 0 Å². The summed E-state index contributed by atoms with van der Waals surface area (Å²) in [4.78, 5) is 23.1. The second kappa shape index (κ2) is 18.3. The van der Waals surface area contributed by atoms with Crippen molar-refractivity contribution < 1.29 is 23.8 Å². The third-order valence-corrected chi connectivity index (χ3v) is 7.23. The maximum Gasteiger partial charge on any atom is 0.306 e. The van der Waals surface area contributed by atoms with Gasteiger partial charge in [0, 0.05) is 11.4 Å². The number of carbonyl (C=O) groups excluding carboxylic acids is 1. The molecule has 4 N–H and O–H groups in total. The molecule has 0 aliphatic heterocycles. The number of nitrogens with one attached hydrogen (secondary N) is 1. The standard InChI is InChI=1S/C24H33FN2O2S.C7H12O2/c1-16(2)22(29-6)12-7-18(4)24(28)23(19(5)26)27-30-14-13-17(3)15-20-8-10-21(25)11-9-20;8-7(9)6-4-2-1-3-5-6/h7-12,17,27H,1,13-15,26H2,2-6H3;6H,1-5H2,(H,8,9)/b18-7+,22-12+,23-19+;. The quantitative estimate of drug-likeness (QED) is 0.0778. The van der Waals surface area contributed by atoms with Gasteiger partial charge < -0.3 is 20.3 Å². The predicted octanol–water partition coefficient (Wildman–Crippen LogP) is 7.10. The highest BCUT2D eigenvalue weighted by Crippen LogP contribution is 2.23. The number of hydrogen-bond acceptors (Lipinski definition) is 6. The first-order valence-corrected chi connectivity index (χ1v) is 14.4. The van der Waals surface area contributed by atoms with Gasteiger partial charge in [-0.3, -0.25) is 9.59 Å². The number of ether oxygens (including phenoxy) is 1. The Hall–Kier alpha value is -3.00. The number of allylic oxidation sites excluding steroid dienone is 5. The average molecular weight is 561 g/mol. The lowest BCUT2D eigenvalue weighted by molar-refractivity contribution is -0.142. The normalized spacial score (nSPS) is 15.8. The third-order valence-electron chi connectivity index (χ3n) is 6.44. The monoisotopic (exact) mass is 560 g/mol. The van der Waals surface area contributed by atoms with Gasteiger partial charge >= 0.3 is 5.97 Å². The lowest BCUT2D eigenvalue weighted by atomic mass is 9.90. The number of halogens is 1. The number of Topliss-reactive ketones (excluding diaryl/α,β-unsaturated/α-hetero) is 1. The van der Waals surface area contributed by atoms with E-state index in [1.807, 2.05) is 19.1 Å². The molecule has 1 aromatic rings. The van der Waals surface area contributed by atoms with Crippen LogP contribution in [-0.2, 0) is 20.7 Å². The molecule has 1 aliphatic rings. The Bertz CT molecular complexity index is 1040. The molecule has 1 aromatic carbocycles. The van der Waals surface area contributed by atoms with E-state index in [0.717, 1.165) is 55.4 Å². The molecule has 0 spiro atoms. The average Bonchev–Trinajstić information content (AvgIpc) is 2.90. The van der Waals surface area contributed by atoms with E-state index < -0.39 is 5.97 Å². The van der Waals surface area contributed by atoms with E-state index >= 15 is 0 Å². The van der Waals surface area contributed by atoms with E-state index in [4.69, 9.17) is 15.6 Å². The Balaban J connectivity index is 0.000000708. The molecule has 1 aliphatic carbocycles. The molecule has 39 heavy (non-hydrogen) atoms. The van der Waals surface area contributed by atoms with Crippen LogP contribution in [0.1, 0.15) is 71.8 Å². The topological polar surface area (TPSA) is 102 Å². The summed E-state index contributed by atoms with van der Waals surface area (Å²) < 4.78 is 21.3. The van der Waals surface area contributed by atoms with Crippen molar-refractivity contribution in [1.29, 1.82) is 0 Å². The van der Waals surface area contributed by atoms with Crippen molar-refractivity contribution in [2.75, 3.05) is 12.9 Å². The molecule has 0 heterocycles. The van der Waals surface area contributed by atoms with Crippen LogP contribution < -0.4 is 10.5 Å². The first-order chi connectivity index (χ1) is 18.5. The molecule has 1 fully saturated rings. The van der Waals surface area contributed by atoms with Gasteiger partial charge in [0.1, 0.15) is 17.3 Å². The number of carboxylic acids is 1. The highest BCUT2D eigenvalue weighted by molar-refractivity contribution is 7.97. The summed E-state index contributed by atoms with van der Waals surface area (Å²) in [6, 6.07) is 6.62. The largest absolute Gasteiger partial charge is 0.497 e. The Labute approximate surface area is 237 Å². The molecule has 0 aromatic heterocycles. The number of ketones is 1. The minimum absolute atomic E-state index is 0.0289. The Morgan fingerprint density at radius 3 is 2.28 bits per heavy atom. The van der Waals surface area contributed by atoms with E-state index in [9.17, 15) is 14.0 Å². The zero-order chi connectivity index (χ0) is 29.4. The molecule has 1 atom stereocenters.